The third kappa shape index (κ3) is 3.55. The molecule has 7 heteroatoms. The van der Waals surface area contributed by atoms with Crippen LogP contribution in [0.4, 0.5) is 8.78 Å². The number of carbonyl (C=O) groups excluding carboxylic acids is 1. The molecule has 1 aliphatic carbocycles. The first-order valence-electron chi connectivity index (χ1n) is 7.75. The lowest BCUT2D eigenvalue weighted by Gasteiger charge is -2.30. The van der Waals surface area contributed by atoms with Gasteiger partial charge in [-0.15, -0.1) is 0 Å². The molecule has 0 unspecified atom stereocenters. The standard InChI is InChI=1S/C17H18F2N2O3/c1-17(11-3-4-11,8-10-2-5-12(18)6-13(10)19)9-20-16(23)14-7-15(22)21-24-14/h2,5-7,11H,3-4,8-9H2,1H3,(H,20,23)(H,21,22)/t17-/m0/s1. The molecule has 2 N–H and O–H groups in total. The monoisotopic (exact) mass is 336 g/mol. The summed E-state index contributed by atoms with van der Waals surface area (Å²) < 4.78 is 31.7. The van der Waals surface area contributed by atoms with Gasteiger partial charge in [0.2, 0.25) is 5.76 Å². The van der Waals surface area contributed by atoms with Crippen molar-refractivity contribution < 1.29 is 23.2 Å². The summed E-state index contributed by atoms with van der Waals surface area (Å²) in [6.45, 7) is 2.29. The number of halogens is 2. The minimum Gasteiger partial charge on any atom is -0.491 e. The lowest BCUT2D eigenvalue weighted by atomic mass is 9.78. The van der Waals surface area contributed by atoms with Crippen molar-refractivity contribution in [1.29, 1.82) is 0 Å². The molecule has 2 aromatic rings. The topological polar surface area (TPSA) is 75.4 Å². The van der Waals surface area contributed by atoms with Crippen LogP contribution in [0.2, 0.25) is 0 Å². The number of benzene rings is 1. The van der Waals surface area contributed by atoms with Crippen LogP contribution in [0.3, 0.4) is 0 Å². The molecule has 1 aromatic heterocycles. The van der Waals surface area contributed by atoms with Crippen LogP contribution in [0.25, 0.3) is 0 Å². The third-order valence-corrected chi connectivity index (χ3v) is 4.55. The maximum atomic E-state index is 14.0. The summed E-state index contributed by atoms with van der Waals surface area (Å²) >= 11 is 0. The van der Waals surface area contributed by atoms with E-state index in [4.69, 9.17) is 9.63 Å². The SMILES string of the molecule is C[C@@](CNC(=O)c1cc(O)no1)(Cc1ccc(F)cc1F)C1CC1. The van der Waals surface area contributed by atoms with Crippen LogP contribution in [0, 0.1) is 23.0 Å². The Kier molecular flexibility index (Phi) is 4.26. The molecule has 24 heavy (non-hydrogen) atoms. The van der Waals surface area contributed by atoms with Crippen molar-refractivity contribution in [1.82, 2.24) is 10.5 Å². The lowest BCUT2D eigenvalue weighted by molar-refractivity contribution is 0.0889. The van der Waals surface area contributed by atoms with E-state index < -0.39 is 17.5 Å². The first-order valence-corrected chi connectivity index (χ1v) is 7.75. The molecule has 1 heterocycles. The number of amides is 1. The van der Waals surface area contributed by atoms with Crippen molar-refractivity contribution in [3.63, 3.8) is 0 Å². The predicted molar refractivity (Wildman–Crippen MR) is 81.4 cm³/mol. The van der Waals surface area contributed by atoms with Crippen LogP contribution in [-0.2, 0) is 6.42 Å². The highest BCUT2D eigenvalue weighted by atomic mass is 19.1. The summed E-state index contributed by atoms with van der Waals surface area (Å²) in [6, 6.07) is 4.69. The van der Waals surface area contributed by atoms with Crippen molar-refractivity contribution in [3.8, 4) is 5.88 Å². The Morgan fingerprint density at radius 1 is 1.42 bits per heavy atom. The zero-order valence-corrected chi connectivity index (χ0v) is 13.2. The van der Waals surface area contributed by atoms with Gasteiger partial charge in [0.25, 0.3) is 11.8 Å². The van der Waals surface area contributed by atoms with Gasteiger partial charge < -0.3 is 14.9 Å². The third-order valence-electron chi connectivity index (χ3n) is 4.55. The highest BCUT2D eigenvalue weighted by molar-refractivity contribution is 5.91. The number of aromatic nitrogens is 1. The van der Waals surface area contributed by atoms with Gasteiger partial charge >= 0.3 is 0 Å². The summed E-state index contributed by atoms with van der Waals surface area (Å²) in [7, 11) is 0. The van der Waals surface area contributed by atoms with Gasteiger partial charge in [-0.2, -0.15) is 0 Å². The van der Waals surface area contributed by atoms with Gasteiger partial charge in [-0.3, -0.25) is 4.79 Å². The molecule has 1 atom stereocenters. The van der Waals surface area contributed by atoms with E-state index in [1.165, 1.54) is 12.1 Å². The fraction of sp³-hybridized carbons (Fsp3) is 0.412. The van der Waals surface area contributed by atoms with E-state index in [1.807, 2.05) is 6.92 Å². The van der Waals surface area contributed by atoms with E-state index in [-0.39, 0.29) is 17.1 Å². The molecule has 0 saturated heterocycles. The van der Waals surface area contributed by atoms with Crippen molar-refractivity contribution in [2.75, 3.05) is 6.54 Å². The van der Waals surface area contributed by atoms with Crippen LogP contribution in [0.15, 0.2) is 28.8 Å². The number of nitrogens with zero attached hydrogens (tertiary/aromatic N) is 1. The maximum absolute atomic E-state index is 14.0. The largest absolute Gasteiger partial charge is 0.491 e. The molecule has 1 saturated carbocycles. The van der Waals surface area contributed by atoms with E-state index in [0.29, 0.717) is 24.4 Å². The Labute approximate surface area is 137 Å². The summed E-state index contributed by atoms with van der Waals surface area (Å²) in [4.78, 5) is 12.0. The average molecular weight is 336 g/mol. The molecule has 1 amide bonds. The number of rotatable bonds is 6. The number of carbonyl (C=O) groups is 1. The summed E-state index contributed by atoms with van der Waals surface area (Å²) in [5.74, 6) is -1.76. The maximum Gasteiger partial charge on any atom is 0.290 e. The van der Waals surface area contributed by atoms with Gasteiger partial charge in [-0.1, -0.05) is 13.0 Å². The Balaban J connectivity index is 1.70. The number of aromatic hydroxyl groups is 1. The second-order valence-corrected chi connectivity index (χ2v) is 6.57. The summed E-state index contributed by atoms with van der Waals surface area (Å²) in [5.41, 5.74) is 0.0773. The normalized spacial score (nSPS) is 16.6. The molecule has 1 fully saturated rings. The Morgan fingerprint density at radius 2 is 2.17 bits per heavy atom. The zero-order chi connectivity index (χ0) is 17.3. The fourth-order valence-corrected chi connectivity index (χ4v) is 2.97. The Hall–Kier alpha value is -2.44. The quantitative estimate of drug-likeness (QED) is 0.850. The Bertz CT molecular complexity index is 758. The molecule has 1 aromatic carbocycles. The molecular weight excluding hydrogens is 318 g/mol. The predicted octanol–water partition coefficient (Wildman–Crippen LogP) is 3.05. The molecule has 128 valence electrons. The molecule has 1 aliphatic rings. The van der Waals surface area contributed by atoms with Gasteiger partial charge in [0.1, 0.15) is 11.6 Å². The van der Waals surface area contributed by atoms with Crippen molar-refractivity contribution in [3.05, 3.63) is 47.2 Å². The highest BCUT2D eigenvalue weighted by Gasteiger charge is 2.42. The van der Waals surface area contributed by atoms with Gasteiger partial charge in [0.05, 0.1) is 6.07 Å². The van der Waals surface area contributed by atoms with Gasteiger partial charge in [-0.25, -0.2) is 8.78 Å². The van der Waals surface area contributed by atoms with Crippen LogP contribution >= 0.6 is 0 Å². The van der Waals surface area contributed by atoms with Crippen LogP contribution in [-0.4, -0.2) is 22.7 Å². The van der Waals surface area contributed by atoms with Crippen molar-refractivity contribution in [2.45, 2.75) is 26.2 Å². The van der Waals surface area contributed by atoms with Crippen molar-refractivity contribution in [2.24, 2.45) is 11.3 Å². The van der Waals surface area contributed by atoms with E-state index in [1.54, 1.807) is 0 Å². The van der Waals surface area contributed by atoms with Crippen molar-refractivity contribution >= 4 is 5.91 Å². The molecule has 0 bridgehead atoms. The van der Waals surface area contributed by atoms with Gasteiger partial charge in [0, 0.05) is 12.6 Å². The molecular formula is C17H18F2N2O3. The zero-order valence-electron chi connectivity index (χ0n) is 13.2. The smallest absolute Gasteiger partial charge is 0.290 e. The number of hydrogen-bond acceptors (Lipinski definition) is 4. The van der Waals surface area contributed by atoms with Gasteiger partial charge in [0.15, 0.2) is 0 Å². The lowest BCUT2D eigenvalue weighted by Crippen LogP contribution is -2.38. The summed E-state index contributed by atoms with van der Waals surface area (Å²) in [5, 5.41) is 15.1. The molecule has 0 radical (unpaired) electrons. The minimum atomic E-state index is -0.609. The molecule has 0 spiro atoms. The van der Waals surface area contributed by atoms with Crippen LogP contribution in [0.5, 0.6) is 5.88 Å². The second-order valence-electron chi connectivity index (χ2n) is 6.57. The summed E-state index contributed by atoms with van der Waals surface area (Å²) in [6.07, 6.45) is 2.42. The highest BCUT2D eigenvalue weighted by Crippen LogP contribution is 2.47. The molecule has 5 nitrogen and oxygen atoms in total. The molecule has 3 rings (SSSR count). The van der Waals surface area contributed by atoms with E-state index in [9.17, 15) is 13.6 Å². The number of hydrogen-bond donors (Lipinski definition) is 2. The van der Waals surface area contributed by atoms with Crippen LogP contribution in [0.1, 0.15) is 35.9 Å². The first-order chi connectivity index (χ1) is 11.4. The van der Waals surface area contributed by atoms with Crippen LogP contribution < -0.4 is 5.32 Å². The van der Waals surface area contributed by atoms with E-state index in [2.05, 4.69) is 10.5 Å². The molecule has 0 aliphatic heterocycles. The minimum absolute atomic E-state index is 0.0846. The number of nitrogens with one attached hydrogen (secondary N) is 1. The van der Waals surface area contributed by atoms with E-state index in [0.717, 1.165) is 25.0 Å². The van der Waals surface area contributed by atoms with E-state index >= 15 is 0 Å². The average Bonchev–Trinajstić information content (AvgIpc) is 3.30. The van der Waals surface area contributed by atoms with Gasteiger partial charge in [-0.05, 0) is 47.4 Å². The second kappa shape index (κ2) is 6.22. The fourth-order valence-electron chi connectivity index (χ4n) is 2.97. The first kappa shape index (κ1) is 16.4. The Morgan fingerprint density at radius 3 is 2.75 bits per heavy atom.